The van der Waals surface area contributed by atoms with Crippen LogP contribution in [-0.4, -0.2) is 48.4 Å². The minimum Gasteiger partial charge on any atom is -0.345 e. The summed E-state index contributed by atoms with van der Waals surface area (Å²) in [5.74, 6) is 0.258. The van der Waals surface area contributed by atoms with E-state index in [0.29, 0.717) is 13.1 Å². The normalized spacial score (nSPS) is 24.7. The van der Waals surface area contributed by atoms with Gasteiger partial charge in [-0.3, -0.25) is 4.79 Å². The molecule has 25 heavy (non-hydrogen) atoms. The molecule has 0 radical (unpaired) electrons. The Labute approximate surface area is 153 Å². The first-order valence-electron chi connectivity index (χ1n) is 9.08. The van der Waals surface area contributed by atoms with Gasteiger partial charge in [0.25, 0.3) is 0 Å². The molecule has 6 heteroatoms. The zero-order valence-electron chi connectivity index (χ0n) is 14.6. The molecule has 0 bridgehead atoms. The number of piperidine rings is 1. The maximum Gasteiger partial charge on any atom is 0.317 e. The smallest absolute Gasteiger partial charge is 0.317 e. The highest BCUT2D eigenvalue weighted by molar-refractivity contribution is 6.30. The number of hydrogen-bond acceptors (Lipinski definition) is 2. The number of urea groups is 1. The molecule has 5 nitrogen and oxygen atoms in total. The van der Waals surface area contributed by atoms with Gasteiger partial charge in [0, 0.05) is 31.7 Å². The number of nitrogens with zero attached hydrogens (tertiary/aromatic N) is 2. The number of carbonyl (C=O) groups is 2. The van der Waals surface area contributed by atoms with Gasteiger partial charge in [-0.25, -0.2) is 4.79 Å². The fourth-order valence-corrected chi connectivity index (χ4v) is 4.77. The highest BCUT2D eigenvalue weighted by Crippen LogP contribution is 2.41. The summed E-state index contributed by atoms with van der Waals surface area (Å²) in [4.78, 5) is 28.8. The third kappa shape index (κ3) is 2.88. The molecule has 1 aromatic rings. The van der Waals surface area contributed by atoms with Crippen LogP contribution in [0.25, 0.3) is 0 Å². The number of nitrogens with one attached hydrogen (secondary N) is 1. The number of carbonyl (C=O) groups excluding carboxylic acids is 2. The van der Waals surface area contributed by atoms with Crippen LogP contribution in [0.2, 0.25) is 5.02 Å². The van der Waals surface area contributed by atoms with Gasteiger partial charge >= 0.3 is 6.03 Å². The van der Waals surface area contributed by atoms with Gasteiger partial charge in [-0.2, -0.15) is 0 Å². The van der Waals surface area contributed by atoms with Crippen molar-refractivity contribution < 1.29 is 9.59 Å². The molecule has 1 N–H and O–H groups in total. The van der Waals surface area contributed by atoms with Crippen molar-refractivity contribution >= 4 is 23.5 Å². The minimum absolute atomic E-state index is 0.0125. The van der Waals surface area contributed by atoms with Crippen LogP contribution in [0.1, 0.15) is 42.9 Å². The Bertz CT molecular complexity index is 713. The first kappa shape index (κ1) is 16.7. The molecule has 1 aromatic carbocycles. The van der Waals surface area contributed by atoms with Crippen LogP contribution in [0, 0.1) is 5.41 Å². The standard InChI is InChI=1S/C19H24ClN3O2/c1-22-9-6-19(17(22)24)7-10-23(11-8-19)18(25)21-16-5-2-13-12-14(20)3-4-15(13)16/h3-4,12,16H,2,5-11H2,1H3,(H,21,25)/t16-/m1/s1. The van der Waals surface area contributed by atoms with E-state index in [1.165, 1.54) is 11.1 Å². The third-order valence-electron chi connectivity index (χ3n) is 6.21. The molecule has 0 unspecified atom stereocenters. The largest absolute Gasteiger partial charge is 0.345 e. The summed E-state index contributed by atoms with van der Waals surface area (Å²) in [6, 6.07) is 5.96. The number of hydrogen-bond donors (Lipinski definition) is 1. The Hall–Kier alpha value is -1.75. The van der Waals surface area contributed by atoms with E-state index in [9.17, 15) is 9.59 Å². The summed E-state index contributed by atoms with van der Waals surface area (Å²) in [5, 5.41) is 3.92. The zero-order chi connectivity index (χ0) is 17.6. The SMILES string of the molecule is CN1CCC2(CCN(C(=O)N[C@@H]3CCc4cc(Cl)ccc43)CC2)C1=O. The van der Waals surface area contributed by atoms with Gasteiger partial charge in [-0.15, -0.1) is 0 Å². The van der Waals surface area contributed by atoms with Crippen LogP contribution in [0.15, 0.2) is 18.2 Å². The van der Waals surface area contributed by atoms with E-state index >= 15 is 0 Å². The molecule has 1 spiro atoms. The molecule has 2 heterocycles. The van der Waals surface area contributed by atoms with Crippen LogP contribution in [0.5, 0.6) is 0 Å². The van der Waals surface area contributed by atoms with E-state index in [4.69, 9.17) is 11.6 Å². The second-order valence-corrected chi connectivity index (χ2v) is 8.06. The van der Waals surface area contributed by atoms with Crippen molar-refractivity contribution in [3.05, 3.63) is 34.3 Å². The number of amides is 3. The van der Waals surface area contributed by atoms with Crippen LogP contribution >= 0.6 is 11.6 Å². The average molecular weight is 362 g/mol. The third-order valence-corrected chi connectivity index (χ3v) is 6.45. The van der Waals surface area contributed by atoms with Crippen LogP contribution < -0.4 is 5.32 Å². The Morgan fingerprint density at radius 3 is 2.64 bits per heavy atom. The zero-order valence-corrected chi connectivity index (χ0v) is 15.3. The maximum atomic E-state index is 12.7. The van der Waals surface area contributed by atoms with Gasteiger partial charge in [0.1, 0.15) is 0 Å². The summed E-state index contributed by atoms with van der Waals surface area (Å²) in [6.07, 6.45) is 4.35. The lowest BCUT2D eigenvalue weighted by molar-refractivity contribution is -0.137. The van der Waals surface area contributed by atoms with Crippen molar-refractivity contribution in [2.45, 2.75) is 38.1 Å². The highest BCUT2D eigenvalue weighted by atomic mass is 35.5. The molecular weight excluding hydrogens is 338 g/mol. The number of benzene rings is 1. The molecule has 1 aliphatic carbocycles. The number of rotatable bonds is 1. The van der Waals surface area contributed by atoms with E-state index in [1.807, 2.05) is 35.0 Å². The molecule has 2 aliphatic heterocycles. The van der Waals surface area contributed by atoms with Crippen molar-refractivity contribution in [2.75, 3.05) is 26.7 Å². The fraction of sp³-hybridized carbons (Fsp3) is 0.579. The maximum absolute atomic E-state index is 12.7. The summed E-state index contributed by atoms with van der Waals surface area (Å²) in [6.45, 7) is 2.16. The molecule has 134 valence electrons. The molecule has 4 rings (SSSR count). The van der Waals surface area contributed by atoms with Gasteiger partial charge in [-0.05, 0) is 55.4 Å². The van der Waals surface area contributed by atoms with Crippen LogP contribution in [0.4, 0.5) is 4.79 Å². The van der Waals surface area contributed by atoms with Gasteiger partial charge in [0.2, 0.25) is 5.91 Å². The molecule has 0 saturated carbocycles. The molecule has 3 amide bonds. The Morgan fingerprint density at radius 1 is 1.24 bits per heavy atom. The Morgan fingerprint density at radius 2 is 1.96 bits per heavy atom. The molecular formula is C19H24ClN3O2. The monoisotopic (exact) mass is 361 g/mol. The summed E-state index contributed by atoms with van der Waals surface area (Å²) >= 11 is 6.05. The second-order valence-electron chi connectivity index (χ2n) is 7.63. The van der Waals surface area contributed by atoms with Gasteiger partial charge in [0.05, 0.1) is 11.5 Å². The first-order valence-corrected chi connectivity index (χ1v) is 9.46. The van der Waals surface area contributed by atoms with Crippen molar-refractivity contribution in [2.24, 2.45) is 5.41 Å². The molecule has 0 aromatic heterocycles. The van der Waals surface area contributed by atoms with Crippen LogP contribution in [-0.2, 0) is 11.2 Å². The Balaban J connectivity index is 1.37. The number of likely N-dealkylation sites (tertiary alicyclic amines) is 2. The Kier molecular flexibility index (Phi) is 4.14. The summed E-state index contributed by atoms with van der Waals surface area (Å²) < 4.78 is 0. The lowest BCUT2D eigenvalue weighted by Gasteiger charge is -2.38. The lowest BCUT2D eigenvalue weighted by Crippen LogP contribution is -2.49. The number of fused-ring (bicyclic) bond motifs is 1. The second kappa shape index (κ2) is 6.20. The van der Waals surface area contributed by atoms with E-state index in [-0.39, 0.29) is 23.4 Å². The molecule has 3 aliphatic rings. The van der Waals surface area contributed by atoms with Crippen LogP contribution in [0.3, 0.4) is 0 Å². The van der Waals surface area contributed by atoms with E-state index in [1.54, 1.807) is 0 Å². The van der Waals surface area contributed by atoms with E-state index in [0.717, 1.165) is 43.7 Å². The fourth-order valence-electron chi connectivity index (χ4n) is 4.57. The van der Waals surface area contributed by atoms with Crippen molar-refractivity contribution in [1.82, 2.24) is 15.1 Å². The summed E-state index contributed by atoms with van der Waals surface area (Å²) in [7, 11) is 1.87. The quantitative estimate of drug-likeness (QED) is 0.836. The summed E-state index contributed by atoms with van der Waals surface area (Å²) in [5.41, 5.74) is 2.19. The highest BCUT2D eigenvalue weighted by Gasteiger charge is 2.47. The number of aryl methyl sites for hydroxylation is 1. The van der Waals surface area contributed by atoms with Crippen molar-refractivity contribution in [3.63, 3.8) is 0 Å². The van der Waals surface area contributed by atoms with Crippen molar-refractivity contribution in [3.8, 4) is 0 Å². The molecule has 2 fully saturated rings. The van der Waals surface area contributed by atoms with Gasteiger partial charge in [-0.1, -0.05) is 17.7 Å². The predicted molar refractivity (Wildman–Crippen MR) is 96.5 cm³/mol. The average Bonchev–Trinajstić information content (AvgIpc) is 3.12. The molecule has 1 atom stereocenters. The predicted octanol–water partition coefficient (Wildman–Crippen LogP) is 2.98. The van der Waals surface area contributed by atoms with Gasteiger partial charge < -0.3 is 15.1 Å². The lowest BCUT2D eigenvalue weighted by atomic mass is 9.77. The van der Waals surface area contributed by atoms with Crippen molar-refractivity contribution in [1.29, 1.82) is 0 Å². The van der Waals surface area contributed by atoms with Gasteiger partial charge in [0.15, 0.2) is 0 Å². The topological polar surface area (TPSA) is 52.6 Å². The number of halogens is 1. The first-order chi connectivity index (χ1) is 12.0. The van der Waals surface area contributed by atoms with E-state index < -0.39 is 0 Å². The minimum atomic E-state index is -0.220. The van der Waals surface area contributed by atoms with E-state index in [2.05, 4.69) is 5.32 Å². The molecule has 2 saturated heterocycles.